The maximum atomic E-state index is 11.4. The molecule has 0 radical (unpaired) electrons. The van der Waals surface area contributed by atoms with Crippen LogP contribution in [0.2, 0.25) is 0 Å². The molecule has 2 aliphatic rings. The van der Waals surface area contributed by atoms with Crippen molar-refractivity contribution in [2.75, 3.05) is 33.4 Å². The first-order valence-electron chi connectivity index (χ1n) is 11.3. The number of aldehydes is 1. The summed E-state index contributed by atoms with van der Waals surface area (Å²) in [6, 6.07) is 10.9. The molecule has 5 rings (SSSR count). The quantitative estimate of drug-likeness (QED) is 0.551. The van der Waals surface area contributed by atoms with Crippen molar-refractivity contribution in [1.82, 2.24) is 25.2 Å². The number of carbonyl (C=O) groups is 1. The Hall–Kier alpha value is -2.81. The van der Waals surface area contributed by atoms with E-state index in [2.05, 4.69) is 26.3 Å². The zero-order chi connectivity index (χ0) is 21.9. The molecular weight excluding hydrogens is 406 g/mol. The van der Waals surface area contributed by atoms with Crippen LogP contribution >= 0.6 is 0 Å². The molecule has 8 nitrogen and oxygen atoms in total. The number of aromatic nitrogens is 3. The van der Waals surface area contributed by atoms with Crippen LogP contribution in [0.1, 0.15) is 31.1 Å². The third kappa shape index (κ3) is 4.26. The first kappa shape index (κ1) is 21.1. The number of methoxy groups -OCH3 is 1. The number of para-hydroxylation sites is 1. The molecule has 2 fully saturated rings. The Morgan fingerprint density at radius 1 is 1.28 bits per heavy atom. The molecule has 2 aromatic heterocycles. The minimum atomic E-state index is 0.0752. The summed E-state index contributed by atoms with van der Waals surface area (Å²) >= 11 is 0. The fourth-order valence-electron chi connectivity index (χ4n) is 4.88. The number of nitrogens with one attached hydrogen (secondary N) is 2. The predicted octanol–water partition coefficient (Wildman–Crippen LogP) is 2.72. The Balaban J connectivity index is 1.37. The Morgan fingerprint density at radius 3 is 3.00 bits per heavy atom. The number of hydrogen-bond donors (Lipinski definition) is 2. The summed E-state index contributed by atoms with van der Waals surface area (Å²) in [5, 5.41) is 4.75. The van der Waals surface area contributed by atoms with Gasteiger partial charge in [0.1, 0.15) is 12.1 Å². The van der Waals surface area contributed by atoms with Gasteiger partial charge in [-0.3, -0.25) is 4.90 Å². The molecule has 1 aromatic carbocycles. The number of H-pyrrole nitrogens is 1. The Bertz CT molecular complexity index is 1080. The molecule has 32 heavy (non-hydrogen) atoms. The van der Waals surface area contributed by atoms with E-state index in [9.17, 15) is 4.79 Å². The number of piperidine rings is 1. The molecule has 2 saturated heterocycles. The molecule has 0 amide bonds. The van der Waals surface area contributed by atoms with Gasteiger partial charge in [-0.1, -0.05) is 18.2 Å². The molecule has 0 bridgehead atoms. The molecule has 2 aliphatic heterocycles. The largest absolute Gasteiger partial charge is 0.480 e. The van der Waals surface area contributed by atoms with Crippen LogP contribution in [0.15, 0.2) is 36.5 Å². The van der Waals surface area contributed by atoms with Crippen LogP contribution < -0.4 is 10.1 Å². The van der Waals surface area contributed by atoms with Crippen LogP contribution in [-0.2, 0) is 9.53 Å². The topological polar surface area (TPSA) is 92.4 Å². The monoisotopic (exact) mass is 435 g/mol. The van der Waals surface area contributed by atoms with Gasteiger partial charge in [-0.2, -0.15) is 0 Å². The van der Waals surface area contributed by atoms with Gasteiger partial charge in [-0.05, 0) is 31.4 Å². The molecule has 2 N–H and O–H groups in total. The smallest absolute Gasteiger partial charge is 0.223 e. The van der Waals surface area contributed by atoms with E-state index in [4.69, 9.17) is 14.5 Å². The minimum absolute atomic E-state index is 0.0752. The standard InChI is InChI=1S/C24H29N5O3/c1-31-24-19(12-16-4-2-3-5-20(16)28-24)21-13-25-23(27-21)22-7-6-17(14-29(22)9-10-30)26-18-8-11-32-15-18/h2-5,10,12-13,17-18,22,26H,6-9,11,14-15H2,1H3,(H,25,27)/t17-,18?,22+/m1/s1. The normalized spacial score (nSPS) is 24.1. The zero-order valence-corrected chi connectivity index (χ0v) is 18.3. The lowest BCUT2D eigenvalue weighted by Gasteiger charge is -2.38. The van der Waals surface area contributed by atoms with Crippen molar-refractivity contribution in [3.05, 3.63) is 42.4 Å². The first-order valence-corrected chi connectivity index (χ1v) is 11.3. The van der Waals surface area contributed by atoms with Gasteiger partial charge < -0.3 is 24.6 Å². The van der Waals surface area contributed by atoms with E-state index >= 15 is 0 Å². The summed E-state index contributed by atoms with van der Waals surface area (Å²) in [6.45, 7) is 2.81. The van der Waals surface area contributed by atoms with Crippen molar-refractivity contribution in [3.8, 4) is 17.1 Å². The highest BCUT2D eigenvalue weighted by Crippen LogP contribution is 2.34. The molecule has 0 aliphatic carbocycles. The molecule has 0 saturated carbocycles. The SMILES string of the molecule is COc1nc2ccccc2cc1-c1cnc([C@@H]2CC[C@@H](NC3CCOC3)CN2CC=O)[nH]1. The second-order valence-electron chi connectivity index (χ2n) is 8.56. The van der Waals surface area contributed by atoms with Gasteiger partial charge in [0, 0.05) is 30.6 Å². The molecule has 168 valence electrons. The van der Waals surface area contributed by atoms with Crippen LogP contribution in [-0.4, -0.2) is 71.6 Å². The number of hydrogen-bond acceptors (Lipinski definition) is 7. The zero-order valence-electron chi connectivity index (χ0n) is 18.3. The van der Waals surface area contributed by atoms with Crippen molar-refractivity contribution in [1.29, 1.82) is 0 Å². The number of likely N-dealkylation sites (tertiary alicyclic amines) is 1. The Labute approximate surface area is 187 Å². The second-order valence-corrected chi connectivity index (χ2v) is 8.56. The summed E-state index contributed by atoms with van der Waals surface area (Å²) in [7, 11) is 1.63. The van der Waals surface area contributed by atoms with Gasteiger partial charge in [0.2, 0.25) is 5.88 Å². The summed E-state index contributed by atoms with van der Waals surface area (Å²) in [5.74, 6) is 1.44. The number of aromatic amines is 1. The number of pyridine rings is 1. The Morgan fingerprint density at radius 2 is 2.19 bits per heavy atom. The average molecular weight is 436 g/mol. The predicted molar refractivity (Wildman–Crippen MR) is 122 cm³/mol. The summed E-state index contributed by atoms with van der Waals surface area (Å²) in [4.78, 5) is 26.4. The van der Waals surface area contributed by atoms with Crippen molar-refractivity contribution >= 4 is 17.2 Å². The number of nitrogens with zero attached hydrogens (tertiary/aromatic N) is 3. The second kappa shape index (κ2) is 9.36. The first-order chi connectivity index (χ1) is 15.7. The van der Waals surface area contributed by atoms with E-state index in [0.29, 0.717) is 24.5 Å². The number of carbonyl (C=O) groups excluding carboxylic acids is 1. The van der Waals surface area contributed by atoms with E-state index in [1.165, 1.54) is 0 Å². The molecule has 4 heterocycles. The molecule has 3 aromatic rings. The van der Waals surface area contributed by atoms with E-state index in [0.717, 1.165) is 73.3 Å². The highest BCUT2D eigenvalue weighted by molar-refractivity contribution is 5.85. The number of rotatable bonds is 7. The lowest BCUT2D eigenvalue weighted by atomic mass is 9.97. The van der Waals surface area contributed by atoms with Gasteiger partial charge in [0.05, 0.1) is 49.3 Å². The van der Waals surface area contributed by atoms with Crippen molar-refractivity contribution in [3.63, 3.8) is 0 Å². The summed E-state index contributed by atoms with van der Waals surface area (Å²) < 4.78 is 11.1. The van der Waals surface area contributed by atoms with Gasteiger partial charge in [-0.15, -0.1) is 0 Å². The van der Waals surface area contributed by atoms with Crippen LogP contribution in [0.3, 0.4) is 0 Å². The molecule has 8 heteroatoms. The number of benzene rings is 1. The van der Waals surface area contributed by atoms with Crippen LogP contribution in [0.5, 0.6) is 5.88 Å². The third-order valence-electron chi connectivity index (χ3n) is 6.48. The van der Waals surface area contributed by atoms with Gasteiger partial charge in [0.15, 0.2) is 0 Å². The maximum absolute atomic E-state index is 11.4. The lowest BCUT2D eigenvalue weighted by molar-refractivity contribution is -0.109. The highest BCUT2D eigenvalue weighted by Gasteiger charge is 2.32. The fourth-order valence-corrected chi connectivity index (χ4v) is 4.88. The van der Waals surface area contributed by atoms with E-state index in [1.807, 2.05) is 30.5 Å². The molecular formula is C24H29N5O3. The Kier molecular flexibility index (Phi) is 6.16. The number of ether oxygens (including phenoxy) is 2. The fraction of sp³-hybridized carbons (Fsp3) is 0.458. The van der Waals surface area contributed by atoms with Crippen LogP contribution in [0.25, 0.3) is 22.2 Å². The van der Waals surface area contributed by atoms with Crippen molar-refractivity contribution in [2.24, 2.45) is 0 Å². The van der Waals surface area contributed by atoms with Crippen LogP contribution in [0.4, 0.5) is 0 Å². The maximum Gasteiger partial charge on any atom is 0.223 e. The third-order valence-corrected chi connectivity index (χ3v) is 6.48. The average Bonchev–Trinajstić information content (AvgIpc) is 3.51. The molecule has 3 atom stereocenters. The van der Waals surface area contributed by atoms with Gasteiger partial charge in [0.25, 0.3) is 0 Å². The van der Waals surface area contributed by atoms with Crippen molar-refractivity contribution < 1.29 is 14.3 Å². The van der Waals surface area contributed by atoms with Crippen molar-refractivity contribution in [2.45, 2.75) is 37.4 Å². The van der Waals surface area contributed by atoms with Gasteiger partial charge >= 0.3 is 0 Å². The molecule has 0 spiro atoms. The summed E-state index contributed by atoms with van der Waals surface area (Å²) in [6.07, 6.45) is 5.83. The number of fused-ring (bicyclic) bond motifs is 1. The van der Waals surface area contributed by atoms with Gasteiger partial charge in [-0.25, -0.2) is 9.97 Å². The van der Waals surface area contributed by atoms with Crippen LogP contribution in [0, 0.1) is 0 Å². The van der Waals surface area contributed by atoms with E-state index in [1.54, 1.807) is 7.11 Å². The minimum Gasteiger partial charge on any atom is -0.480 e. The lowest BCUT2D eigenvalue weighted by Crippen LogP contribution is -2.50. The number of imidazole rings is 1. The molecule has 1 unspecified atom stereocenters. The highest BCUT2D eigenvalue weighted by atomic mass is 16.5. The van der Waals surface area contributed by atoms with E-state index < -0.39 is 0 Å². The summed E-state index contributed by atoms with van der Waals surface area (Å²) in [5.41, 5.74) is 2.64. The van der Waals surface area contributed by atoms with E-state index in [-0.39, 0.29) is 6.04 Å².